The van der Waals surface area contributed by atoms with E-state index in [1.54, 1.807) is 10.9 Å². The molecule has 0 saturated heterocycles. The van der Waals surface area contributed by atoms with Crippen molar-refractivity contribution in [2.24, 2.45) is 12.8 Å². The number of rotatable bonds is 5. The lowest BCUT2D eigenvalue weighted by molar-refractivity contribution is -0.120. The zero-order valence-electron chi connectivity index (χ0n) is 11.0. The van der Waals surface area contributed by atoms with Crippen molar-refractivity contribution in [2.45, 2.75) is 19.5 Å². The van der Waals surface area contributed by atoms with Gasteiger partial charge >= 0.3 is 0 Å². The van der Waals surface area contributed by atoms with Crippen molar-refractivity contribution in [1.29, 1.82) is 0 Å². The summed E-state index contributed by atoms with van der Waals surface area (Å²) in [5.74, 6) is 0.00157. The second kappa shape index (κ2) is 6.15. The minimum atomic E-state index is 0.00157. The molecule has 1 aromatic carbocycles. The van der Waals surface area contributed by atoms with Crippen molar-refractivity contribution in [3.05, 3.63) is 53.3 Å². The molecule has 100 valence electrons. The standard InChI is InChI=1S/C14H18N4O/c1-18-13(6-7-17-18)10-16-14(19)8-11-2-4-12(9-15)5-3-11/h2-7H,8-10,15H2,1H3,(H,16,19). The molecule has 5 heteroatoms. The summed E-state index contributed by atoms with van der Waals surface area (Å²) in [6, 6.07) is 9.65. The fourth-order valence-electron chi connectivity index (χ4n) is 1.80. The molecule has 0 fully saturated rings. The molecular weight excluding hydrogens is 240 g/mol. The van der Waals surface area contributed by atoms with E-state index in [1.165, 1.54) is 0 Å². The summed E-state index contributed by atoms with van der Waals surface area (Å²) in [5.41, 5.74) is 8.56. The van der Waals surface area contributed by atoms with E-state index < -0.39 is 0 Å². The highest BCUT2D eigenvalue weighted by atomic mass is 16.1. The van der Waals surface area contributed by atoms with Crippen LogP contribution in [0.1, 0.15) is 16.8 Å². The van der Waals surface area contributed by atoms with Gasteiger partial charge in [-0.05, 0) is 17.2 Å². The van der Waals surface area contributed by atoms with Crippen LogP contribution in [-0.4, -0.2) is 15.7 Å². The Bertz CT molecular complexity index is 545. The molecule has 0 aliphatic carbocycles. The second-order valence-corrected chi connectivity index (χ2v) is 4.42. The van der Waals surface area contributed by atoms with Gasteiger partial charge in [0.15, 0.2) is 0 Å². The average Bonchev–Trinajstić information content (AvgIpc) is 2.83. The van der Waals surface area contributed by atoms with Gasteiger partial charge in [-0.1, -0.05) is 24.3 Å². The summed E-state index contributed by atoms with van der Waals surface area (Å²) >= 11 is 0. The number of nitrogens with zero attached hydrogens (tertiary/aromatic N) is 2. The molecule has 3 N–H and O–H groups in total. The van der Waals surface area contributed by atoms with Crippen LogP contribution in [0, 0.1) is 0 Å². The van der Waals surface area contributed by atoms with Gasteiger partial charge in [-0.15, -0.1) is 0 Å². The number of carbonyl (C=O) groups excluding carboxylic acids is 1. The third-order valence-corrected chi connectivity index (χ3v) is 3.01. The van der Waals surface area contributed by atoms with E-state index in [2.05, 4.69) is 10.4 Å². The molecule has 2 rings (SSSR count). The van der Waals surface area contributed by atoms with Crippen LogP contribution in [0.4, 0.5) is 0 Å². The molecule has 0 bridgehead atoms. The SMILES string of the molecule is Cn1nccc1CNC(=O)Cc1ccc(CN)cc1. The largest absolute Gasteiger partial charge is 0.350 e. The first-order chi connectivity index (χ1) is 9.19. The van der Waals surface area contributed by atoms with Gasteiger partial charge in [0.1, 0.15) is 0 Å². The maximum atomic E-state index is 11.8. The fraction of sp³-hybridized carbons (Fsp3) is 0.286. The Balaban J connectivity index is 1.85. The quantitative estimate of drug-likeness (QED) is 0.830. The number of aromatic nitrogens is 2. The number of nitrogens with two attached hydrogens (primary N) is 1. The van der Waals surface area contributed by atoms with E-state index in [0.29, 0.717) is 19.5 Å². The van der Waals surface area contributed by atoms with Crippen molar-refractivity contribution < 1.29 is 4.79 Å². The third-order valence-electron chi connectivity index (χ3n) is 3.01. The average molecular weight is 258 g/mol. The summed E-state index contributed by atoms with van der Waals surface area (Å²) in [7, 11) is 1.85. The van der Waals surface area contributed by atoms with Gasteiger partial charge in [-0.25, -0.2) is 0 Å². The lowest BCUT2D eigenvalue weighted by Gasteiger charge is -2.06. The number of hydrogen-bond donors (Lipinski definition) is 2. The molecule has 0 radical (unpaired) electrons. The summed E-state index contributed by atoms with van der Waals surface area (Å²) in [4.78, 5) is 11.8. The minimum absolute atomic E-state index is 0.00157. The van der Waals surface area contributed by atoms with Crippen LogP contribution >= 0.6 is 0 Å². The van der Waals surface area contributed by atoms with Gasteiger partial charge < -0.3 is 11.1 Å². The first-order valence-electron chi connectivity index (χ1n) is 6.20. The van der Waals surface area contributed by atoms with Crippen LogP contribution in [0.3, 0.4) is 0 Å². The second-order valence-electron chi connectivity index (χ2n) is 4.42. The number of benzene rings is 1. The maximum Gasteiger partial charge on any atom is 0.224 e. The number of aryl methyl sites for hydroxylation is 1. The van der Waals surface area contributed by atoms with Crippen LogP contribution in [0.2, 0.25) is 0 Å². The van der Waals surface area contributed by atoms with E-state index in [1.807, 2.05) is 37.4 Å². The third kappa shape index (κ3) is 3.66. The molecule has 19 heavy (non-hydrogen) atoms. The van der Waals surface area contributed by atoms with E-state index >= 15 is 0 Å². The molecule has 0 atom stereocenters. The van der Waals surface area contributed by atoms with Gasteiger partial charge in [-0.2, -0.15) is 5.10 Å². The number of carbonyl (C=O) groups is 1. The van der Waals surface area contributed by atoms with Gasteiger partial charge in [0.05, 0.1) is 18.7 Å². The zero-order valence-corrected chi connectivity index (χ0v) is 11.0. The Morgan fingerprint density at radius 3 is 2.53 bits per heavy atom. The van der Waals surface area contributed by atoms with Gasteiger partial charge in [-0.3, -0.25) is 9.48 Å². The first-order valence-corrected chi connectivity index (χ1v) is 6.20. The lowest BCUT2D eigenvalue weighted by atomic mass is 10.1. The Morgan fingerprint density at radius 2 is 1.95 bits per heavy atom. The molecule has 0 spiro atoms. The van der Waals surface area contributed by atoms with Crippen molar-refractivity contribution >= 4 is 5.91 Å². The highest BCUT2D eigenvalue weighted by molar-refractivity contribution is 5.78. The normalized spacial score (nSPS) is 10.4. The fourth-order valence-corrected chi connectivity index (χ4v) is 1.80. The number of hydrogen-bond acceptors (Lipinski definition) is 3. The van der Waals surface area contributed by atoms with E-state index in [4.69, 9.17) is 5.73 Å². The molecule has 0 saturated carbocycles. The molecule has 1 aromatic heterocycles. The summed E-state index contributed by atoms with van der Waals surface area (Å²) in [6.07, 6.45) is 2.09. The van der Waals surface area contributed by atoms with Crippen LogP contribution in [0.25, 0.3) is 0 Å². The Kier molecular flexibility index (Phi) is 4.30. The molecule has 1 amide bonds. The summed E-state index contributed by atoms with van der Waals surface area (Å²) in [6.45, 7) is 1.02. The smallest absolute Gasteiger partial charge is 0.224 e. The molecule has 0 aliphatic heterocycles. The Hall–Kier alpha value is -2.14. The maximum absolute atomic E-state index is 11.8. The van der Waals surface area contributed by atoms with Crippen LogP contribution in [0.5, 0.6) is 0 Å². The highest BCUT2D eigenvalue weighted by Crippen LogP contribution is 2.04. The van der Waals surface area contributed by atoms with Crippen LogP contribution in [-0.2, 0) is 31.4 Å². The van der Waals surface area contributed by atoms with Crippen molar-refractivity contribution in [2.75, 3.05) is 0 Å². The van der Waals surface area contributed by atoms with E-state index in [-0.39, 0.29) is 5.91 Å². The molecule has 0 unspecified atom stereocenters. The molecule has 1 heterocycles. The minimum Gasteiger partial charge on any atom is -0.350 e. The molecule has 2 aromatic rings. The van der Waals surface area contributed by atoms with Crippen molar-refractivity contribution in [3.63, 3.8) is 0 Å². The molecule has 0 aliphatic rings. The monoisotopic (exact) mass is 258 g/mol. The summed E-state index contributed by atoms with van der Waals surface area (Å²) < 4.78 is 1.75. The predicted octanol–water partition coefficient (Wildman–Crippen LogP) is 0.738. The predicted molar refractivity (Wildman–Crippen MR) is 73.1 cm³/mol. The van der Waals surface area contributed by atoms with E-state index in [0.717, 1.165) is 16.8 Å². The highest BCUT2D eigenvalue weighted by Gasteiger charge is 2.05. The summed E-state index contributed by atoms with van der Waals surface area (Å²) in [5, 5.41) is 6.93. The lowest BCUT2D eigenvalue weighted by Crippen LogP contribution is -2.25. The number of nitrogens with one attached hydrogen (secondary N) is 1. The van der Waals surface area contributed by atoms with Gasteiger partial charge in [0.25, 0.3) is 0 Å². The Morgan fingerprint density at radius 1 is 1.26 bits per heavy atom. The first kappa shape index (κ1) is 13.3. The number of amides is 1. The van der Waals surface area contributed by atoms with Crippen molar-refractivity contribution in [1.82, 2.24) is 15.1 Å². The van der Waals surface area contributed by atoms with Crippen molar-refractivity contribution in [3.8, 4) is 0 Å². The van der Waals surface area contributed by atoms with Gasteiger partial charge in [0, 0.05) is 19.8 Å². The topological polar surface area (TPSA) is 72.9 Å². The van der Waals surface area contributed by atoms with Crippen LogP contribution < -0.4 is 11.1 Å². The molecule has 5 nitrogen and oxygen atoms in total. The van der Waals surface area contributed by atoms with Gasteiger partial charge in [0.2, 0.25) is 5.91 Å². The van der Waals surface area contributed by atoms with E-state index in [9.17, 15) is 4.79 Å². The van der Waals surface area contributed by atoms with Crippen LogP contribution in [0.15, 0.2) is 36.5 Å². The Labute approximate surface area is 112 Å². The molecular formula is C14H18N4O. The zero-order chi connectivity index (χ0) is 13.7.